The predicted molar refractivity (Wildman–Crippen MR) is 85.7 cm³/mol. The molecule has 1 unspecified atom stereocenters. The van der Waals surface area contributed by atoms with Crippen molar-refractivity contribution in [1.82, 2.24) is 14.8 Å². The van der Waals surface area contributed by atoms with Gasteiger partial charge < -0.3 is 19.4 Å². The molecule has 10 nitrogen and oxygen atoms in total. The number of aryl methyl sites for hydroxylation is 1. The van der Waals surface area contributed by atoms with E-state index in [1.807, 2.05) is 0 Å². The second kappa shape index (κ2) is 6.92. The third-order valence-corrected chi connectivity index (χ3v) is 5.76. The van der Waals surface area contributed by atoms with Gasteiger partial charge in [0.1, 0.15) is 6.04 Å². The van der Waals surface area contributed by atoms with Gasteiger partial charge >= 0.3 is 5.97 Å². The molecule has 2 N–H and O–H groups in total. The Morgan fingerprint density at radius 2 is 2.19 bits per heavy atom. The number of furan rings is 1. The number of carbonyl (C=O) groups is 2. The van der Waals surface area contributed by atoms with E-state index in [0.717, 1.165) is 16.4 Å². The zero-order chi connectivity index (χ0) is 18.9. The second-order valence-corrected chi connectivity index (χ2v) is 7.67. The van der Waals surface area contributed by atoms with Crippen molar-refractivity contribution in [1.29, 1.82) is 0 Å². The summed E-state index contributed by atoms with van der Waals surface area (Å²) >= 11 is 0. The molecule has 11 heteroatoms. The number of amides is 1. The van der Waals surface area contributed by atoms with E-state index in [2.05, 4.69) is 10.5 Å². The van der Waals surface area contributed by atoms with Crippen LogP contribution in [-0.4, -0.2) is 47.4 Å². The number of hydrogen-bond acceptors (Lipinski definition) is 7. The average Bonchev–Trinajstić information content (AvgIpc) is 3.32. The van der Waals surface area contributed by atoms with Crippen LogP contribution in [0.15, 0.2) is 32.2 Å². The van der Waals surface area contributed by atoms with Gasteiger partial charge in [0, 0.05) is 12.6 Å². The minimum atomic E-state index is -4.12. The predicted octanol–water partition coefficient (Wildman–Crippen LogP) is 0.744. The molecule has 0 spiro atoms. The fraction of sp³-hybridized carbons (Fsp3) is 0.400. The highest BCUT2D eigenvalue weighted by molar-refractivity contribution is 7.89. The highest BCUT2D eigenvalue weighted by atomic mass is 32.2. The minimum absolute atomic E-state index is 0.0912. The highest BCUT2D eigenvalue weighted by Gasteiger charge is 2.41. The first-order chi connectivity index (χ1) is 12.3. The van der Waals surface area contributed by atoms with Crippen LogP contribution in [0.2, 0.25) is 0 Å². The summed E-state index contributed by atoms with van der Waals surface area (Å²) in [6.07, 6.45) is 0.859. The van der Waals surface area contributed by atoms with Crippen molar-refractivity contribution in [3.63, 3.8) is 0 Å². The van der Waals surface area contributed by atoms with Crippen LogP contribution in [0, 0.1) is 6.92 Å². The molecule has 0 bridgehead atoms. The first-order valence-corrected chi connectivity index (χ1v) is 9.28. The van der Waals surface area contributed by atoms with E-state index in [4.69, 9.17) is 14.0 Å². The second-order valence-electron chi connectivity index (χ2n) is 5.85. The summed E-state index contributed by atoms with van der Waals surface area (Å²) in [5, 5.41) is 14.7. The van der Waals surface area contributed by atoms with Crippen molar-refractivity contribution >= 4 is 21.9 Å². The molecule has 0 radical (unpaired) electrons. The molecule has 2 aromatic heterocycles. The molecule has 1 fully saturated rings. The maximum Gasteiger partial charge on any atom is 0.371 e. The van der Waals surface area contributed by atoms with E-state index in [-0.39, 0.29) is 13.1 Å². The van der Waals surface area contributed by atoms with E-state index in [9.17, 15) is 18.0 Å². The molecule has 1 saturated heterocycles. The van der Waals surface area contributed by atoms with Gasteiger partial charge in [-0.1, -0.05) is 5.16 Å². The standard InChI is InChI=1S/C15H17N3O7S/c1-9-7-10(25-17-9)8-16-14(19)11-3-2-6-18(11)26(22,23)13-5-4-12(24-13)15(20)21/h4-5,7,11H,2-3,6,8H2,1H3,(H,16,19)(H,20,21). The van der Waals surface area contributed by atoms with Gasteiger partial charge in [0.15, 0.2) is 5.76 Å². The van der Waals surface area contributed by atoms with E-state index >= 15 is 0 Å². The fourth-order valence-electron chi connectivity index (χ4n) is 2.77. The number of carboxylic acid groups (broad SMARTS) is 1. The Bertz CT molecular complexity index is 931. The number of carboxylic acids is 1. The van der Waals surface area contributed by atoms with Crippen LogP contribution >= 0.6 is 0 Å². The number of nitrogens with one attached hydrogen (secondary N) is 1. The van der Waals surface area contributed by atoms with Crippen LogP contribution in [0.3, 0.4) is 0 Å². The van der Waals surface area contributed by atoms with E-state index in [1.165, 1.54) is 0 Å². The van der Waals surface area contributed by atoms with Gasteiger partial charge in [0.25, 0.3) is 10.0 Å². The first kappa shape index (κ1) is 18.1. The average molecular weight is 383 g/mol. The lowest BCUT2D eigenvalue weighted by Gasteiger charge is -2.21. The van der Waals surface area contributed by atoms with E-state index in [0.29, 0.717) is 24.3 Å². The maximum atomic E-state index is 12.7. The maximum absolute atomic E-state index is 12.7. The number of carbonyl (C=O) groups excluding carboxylic acids is 1. The van der Waals surface area contributed by atoms with Crippen LogP contribution in [-0.2, 0) is 21.4 Å². The summed E-state index contributed by atoms with van der Waals surface area (Å²) in [5.41, 5.74) is 0.673. The SMILES string of the molecule is Cc1cc(CNC(=O)C2CCCN2S(=O)(=O)c2ccc(C(=O)O)o2)on1. The topological polar surface area (TPSA) is 143 Å². The van der Waals surface area contributed by atoms with Crippen molar-refractivity contribution in [2.45, 2.75) is 37.4 Å². The summed E-state index contributed by atoms with van der Waals surface area (Å²) in [7, 11) is -4.12. The van der Waals surface area contributed by atoms with Crippen LogP contribution in [0.5, 0.6) is 0 Å². The third-order valence-electron chi connectivity index (χ3n) is 3.98. The molecular weight excluding hydrogens is 366 g/mol. The van der Waals surface area contributed by atoms with Gasteiger partial charge in [0.2, 0.25) is 16.8 Å². The first-order valence-electron chi connectivity index (χ1n) is 7.84. The summed E-state index contributed by atoms with van der Waals surface area (Å²) in [4.78, 5) is 23.3. The molecule has 3 rings (SSSR count). The minimum Gasteiger partial charge on any atom is -0.475 e. The largest absolute Gasteiger partial charge is 0.475 e. The Kier molecular flexibility index (Phi) is 4.83. The van der Waals surface area contributed by atoms with Gasteiger partial charge in [-0.3, -0.25) is 4.79 Å². The van der Waals surface area contributed by atoms with Crippen LogP contribution in [0.25, 0.3) is 0 Å². The normalized spacial score (nSPS) is 18.1. The van der Waals surface area contributed by atoms with Gasteiger partial charge in [-0.15, -0.1) is 0 Å². The molecule has 0 aromatic carbocycles. The van der Waals surface area contributed by atoms with Gasteiger partial charge in [-0.2, -0.15) is 4.31 Å². The molecule has 2 aromatic rings. The number of aromatic carboxylic acids is 1. The van der Waals surface area contributed by atoms with Gasteiger partial charge in [-0.05, 0) is 31.9 Å². The lowest BCUT2D eigenvalue weighted by Crippen LogP contribution is -2.45. The molecular formula is C15H17N3O7S. The van der Waals surface area contributed by atoms with Crippen molar-refractivity contribution in [2.75, 3.05) is 6.54 Å². The van der Waals surface area contributed by atoms with Gasteiger partial charge in [0.05, 0.1) is 12.2 Å². The monoisotopic (exact) mass is 383 g/mol. The Balaban J connectivity index is 1.73. The van der Waals surface area contributed by atoms with Gasteiger partial charge in [-0.25, -0.2) is 13.2 Å². The Labute approximate surface area is 148 Å². The highest BCUT2D eigenvalue weighted by Crippen LogP contribution is 2.27. The smallest absolute Gasteiger partial charge is 0.371 e. The van der Waals surface area contributed by atoms with Crippen LogP contribution in [0.4, 0.5) is 0 Å². The lowest BCUT2D eigenvalue weighted by atomic mass is 10.2. The third kappa shape index (κ3) is 3.48. The summed E-state index contributed by atoms with van der Waals surface area (Å²) in [6.45, 7) is 1.98. The van der Waals surface area contributed by atoms with Crippen molar-refractivity contribution in [3.05, 3.63) is 35.4 Å². The Morgan fingerprint density at radius 1 is 1.42 bits per heavy atom. The zero-order valence-corrected chi connectivity index (χ0v) is 14.7. The molecule has 1 aliphatic heterocycles. The number of rotatable bonds is 6. The summed E-state index contributed by atoms with van der Waals surface area (Å²) in [5.74, 6) is -1.86. The summed E-state index contributed by atoms with van der Waals surface area (Å²) in [6, 6.07) is 2.90. The van der Waals surface area contributed by atoms with E-state index < -0.39 is 38.8 Å². The quantitative estimate of drug-likeness (QED) is 0.743. The molecule has 0 aliphatic carbocycles. The van der Waals surface area contributed by atoms with E-state index in [1.54, 1.807) is 13.0 Å². The summed E-state index contributed by atoms with van der Waals surface area (Å²) < 4.78 is 36.3. The molecule has 0 saturated carbocycles. The number of hydrogen-bond donors (Lipinski definition) is 2. The zero-order valence-electron chi connectivity index (χ0n) is 13.8. The number of sulfonamides is 1. The molecule has 26 heavy (non-hydrogen) atoms. The van der Waals surface area contributed by atoms with Crippen molar-refractivity contribution < 1.29 is 32.1 Å². The molecule has 1 aliphatic rings. The van der Waals surface area contributed by atoms with Crippen LogP contribution in [0.1, 0.15) is 34.9 Å². The van der Waals surface area contributed by atoms with Crippen molar-refractivity contribution in [3.8, 4) is 0 Å². The fourth-order valence-corrected chi connectivity index (χ4v) is 4.34. The van der Waals surface area contributed by atoms with Crippen LogP contribution < -0.4 is 5.32 Å². The molecule has 140 valence electrons. The molecule has 3 heterocycles. The molecule has 1 amide bonds. The molecule has 1 atom stereocenters. The lowest BCUT2D eigenvalue weighted by molar-refractivity contribution is -0.124. The Hall–Kier alpha value is -2.66. The van der Waals surface area contributed by atoms with Crippen molar-refractivity contribution in [2.24, 2.45) is 0 Å². The Morgan fingerprint density at radius 3 is 2.81 bits per heavy atom. The number of aromatic nitrogens is 1. The number of nitrogens with zero attached hydrogens (tertiary/aromatic N) is 2.